The molecule has 0 spiro atoms. The lowest BCUT2D eigenvalue weighted by Crippen LogP contribution is -2.10. The van der Waals surface area contributed by atoms with Crippen molar-refractivity contribution in [2.45, 2.75) is 19.8 Å². The highest BCUT2D eigenvalue weighted by Gasteiger charge is 2.12. The van der Waals surface area contributed by atoms with E-state index in [1.54, 1.807) is 36.4 Å². The molecule has 12 nitrogen and oxygen atoms in total. The van der Waals surface area contributed by atoms with Gasteiger partial charge in [0.15, 0.2) is 11.3 Å². The third-order valence-electron chi connectivity index (χ3n) is 3.80. The van der Waals surface area contributed by atoms with Gasteiger partial charge in [0.25, 0.3) is 0 Å². The van der Waals surface area contributed by atoms with Gasteiger partial charge in [-0.15, -0.1) is 17.5 Å². The van der Waals surface area contributed by atoms with Crippen molar-refractivity contribution in [2.75, 3.05) is 20.0 Å². The van der Waals surface area contributed by atoms with Gasteiger partial charge in [0, 0.05) is 23.4 Å². The van der Waals surface area contributed by atoms with Gasteiger partial charge in [0.2, 0.25) is 5.95 Å². The zero-order chi connectivity index (χ0) is 25.0. The number of hydrogen-bond donors (Lipinski definition) is 3. The molecule has 0 aliphatic rings. The Hall–Kier alpha value is -3.52. The van der Waals surface area contributed by atoms with E-state index in [4.69, 9.17) is 23.2 Å². The van der Waals surface area contributed by atoms with Crippen LogP contribution in [0.5, 0.6) is 0 Å². The zero-order valence-electron chi connectivity index (χ0n) is 18.6. The minimum atomic E-state index is -0.482. The van der Waals surface area contributed by atoms with E-state index in [1.165, 1.54) is 25.7 Å². The molecule has 0 aliphatic heterocycles. The number of aromatic nitrogens is 4. The van der Waals surface area contributed by atoms with Gasteiger partial charge in [-0.2, -0.15) is 4.98 Å². The first-order chi connectivity index (χ1) is 15.7. The minimum Gasteiger partial charge on any atom is -0.464 e. The van der Waals surface area contributed by atoms with Gasteiger partial charge in [0.1, 0.15) is 11.5 Å². The molecule has 184 valence electrons. The minimum absolute atomic E-state index is 0. The van der Waals surface area contributed by atoms with Crippen molar-refractivity contribution in [2.24, 2.45) is 5.90 Å². The van der Waals surface area contributed by atoms with Gasteiger partial charge < -0.3 is 20.4 Å². The molecular weight excluding hydrogens is 488 g/mol. The Labute approximate surface area is 206 Å². The predicted molar refractivity (Wildman–Crippen MR) is 129 cm³/mol. The van der Waals surface area contributed by atoms with Crippen LogP contribution in [0.25, 0.3) is 5.65 Å². The average Bonchev–Trinajstić information content (AvgIpc) is 3.19. The number of esters is 2. The molecule has 3 heterocycles. The first kappa shape index (κ1) is 30.5. The Balaban J connectivity index is 0.000000588. The fraction of sp³-hybridized carbons (Fsp3) is 0.250. The summed E-state index contributed by atoms with van der Waals surface area (Å²) in [4.78, 5) is 42.1. The number of methoxy groups -OCH3 is 2. The van der Waals surface area contributed by atoms with E-state index in [0.717, 1.165) is 0 Å². The molecule has 0 radical (unpaired) electrons. The van der Waals surface area contributed by atoms with Crippen molar-refractivity contribution in [3.8, 4) is 0 Å². The fourth-order valence-corrected chi connectivity index (χ4v) is 2.87. The van der Waals surface area contributed by atoms with E-state index >= 15 is 0 Å². The molecule has 3 aromatic rings. The van der Waals surface area contributed by atoms with Crippen LogP contribution in [0.3, 0.4) is 0 Å². The first-order valence-corrected chi connectivity index (χ1v) is 9.66. The van der Waals surface area contributed by atoms with Gasteiger partial charge in [-0.05, 0) is 31.2 Å². The maximum absolute atomic E-state index is 11.3. The monoisotopic (exact) mass is 512 g/mol. The summed E-state index contributed by atoms with van der Waals surface area (Å²) in [5.74, 6) is 2.70. The Morgan fingerprint density at radius 1 is 1.03 bits per heavy atom. The number of nitrogens with two attached hydrogens (primary N) is 2. The van der Waals surface area contributed by atoms with Crippen LogP contribution in [-0.4, -0.2) is 61.6 Å². The molecule has 0 aliphatic carbocycles. The molecule has 5 N–H and O–H groups in total. The van der Waals surface area contributed by atoms with E-state index in [2.05, 4.69) is 30.4 Å². The highest BCUT2D eigenvalue weighted by atomic mass is 35.5. The number of thiocarbonyl (C=S) groups is 1. The lowest BCUT2D eigenvalue weighted by Gasteiger charge is -2.03. The molecule has 0 saturated carbocycles. The van der Waals surface area contributed by atoms with Crippen LogP contribution in [0.4, 0.5) is 5.95 Å². The average molecular weight is 513 g/mol. The van der Waals surface area contributed by atoms with Crippen LogP contribution in [0.2, 0.25) is 0 Å². The third kappa shape index (κ3) is 9.15. The molecule has 0 unspecified atom stereocenters. The summed E-state index contributed by atoms with van der Waals surface area (Å²) in [6.07, 6.45) is 0.680. The maximum atomic E-state index is 11.3. The predicted octanol–water partition coefficient (Wildman–Crippen LogP) is 1.61. The number of nitrogen functional groups attached to an aromatic ring is 1. The number of Topliss-reactive ketones (excluding diaryl/α,β-unsaturated/α-hetero) is 1. The van der Waals surface area contributed by atoms with E-state index < -0.39 is 11.9 Å². The molecule has 0 saturated heterocycles. The number of anilines is 1. The lowest BCUT2D eigenvalue weighted by atomic mass is 10.1. The second-order valence-electron chi connectivity index (χ2n) is 6.24. The van der Waals surface area contributed by atoms with Crippen molar-refractivity contribution in [1.82, 2.24) is 19.6 Å². The number of carbonyl (C=O) groups is 3. The molecule has 0 bridgehead atoms. The molecule has 3 rings (SSSR count). The Kier molecular flexibility index (Phi) is 13.8. The Bertz CT molecular complexity index is 1140. The summed E-state index contributed by atoms with van der Waals surface area (Å²) in [5.41, 5.74) is 7.14. The number of fused-ring (bicyclic) bond motifs is 1. The second kappa shape index (κ2) is 15.3. The summed E-state index contributed by atoms with van der Waals surface area (Å²) in [6, 6.07) is 10.0. The SMILES string of the molecule is COC(=O)c1cccc(CC(=S)CC(C)=O)n1.COC(=O)c1cccc2nc(N)nn12.Cl.NO. The number of nitrogens with zero attached hydrogens (tertiary/aromatic N) is 4. The molecule has 14 heteroatoms. The Morgan fingerprint density at radius 3 is 2.24 bits per heavy atom. The number of carbonyl (C=O) groups excluding carboxylic acids is 3. The molecule has 0 amide bonds. The number of ketones is 1. The van der Waals surface area contributed by atoms with E-state index in [9.17, 15) is 14.4 Å². The van der Waals surface area contributed by atoms with Gasteiger partial charge >= 0.3 is 11.9 Å². The van der Waals surface area contributed by atoms with Gasteiger partial charge in [-0.3, -0.25) is 4.79 Å². The van der Waals surface area contributed by atoms with Crippen LogP contribution < -0.4 is 11.6 Å². The second-order valence-corrected chi connectivity index (χ2v) is 6.82. The highest BCUT2D eigenvalue weighted by Crippen LogP contribution is 2.07. The van der Waals surface area contributed by atoms with Crippen molar-refractivity contribution in [3.05, 3.63) is 53.5 Å². The fourth-order valence-electron chi connectivity index (χ4n) is 2.52. The van der Waals surface area contributed by atoms with Crippen molar-refractivity contribution < 1.29 is 29.1 Å². The van der Waals surface area contributed by atoms with Gasteiger partial charge in [-0.1, -0.05) is 24.4 Å². The number of ether oxygens (including phenoxy) is 2. The van der Waals surface area contributed by atoms with Crippen molar-refractivity contribution in [3.63, 3.8) is 0 Å². The largest absolute Gasteiger partial charge is 0.464 e. The highest BCUT2D eigenvalue weighted by molar-refractivity contribution is 7.80. The van der Waals surface area contributed by atoms with Crippen molar-refractivity contribution >= 4 is 58.8 Å². The molecule has 34 heavy (non-hydrogen) atoms. The Morgan fingerprint density at radius 2 is 1.65 bits per heavy atom. The van der Waals surface area contributed by atoms with Gasteiger partial charge in [0.05, 0.1) is 14.2 Å². The molecule has 0 atom stereocenters. The summed E-state index contributed by atoms with van der Waals surface area (Å²) in [5, 5.41) is 10.4. The number of pyridine rings is 2. The van der Waals surface area contributed by atoms with Gasteiger partial charge in [-0.25, -0.2) is 25.0 Å². The third-order valence-corrected chi connectivity index (χ3v) is 4.09. The van der Waals surface area contributed by atoms with E-state index in [1.807, 2.05) is 0 Å². The summed E-state index contributed by atoms with van der Waals surface area (Å²) in [6.45, 7) is 1.49. The maximum Gasteiger partial charge on any atom is 0.356 e. The smallest absolute Gasteiger partial charge is 0.356 e. The molecule has 0 aromatic carbocycles. The number of rotatable bonds is 6. The quantitative estimate of drug-likeness (QED) is 0.246. The standard InChI is InChI=1S/C12H13NO3S.C8H8N4O2.ClH.H3NO/c1-8(14)6-10(17)7-9-4-3-5-11(13-9)12(15)16-2;1-14-7(13)5-3-2-4-6-10-8(9)11-12(5)6;;1-2/h3-5H,6-7H2,1-2H3;2-4H,1H3,(H2,9,11);1H;2H,1H2. The normalized spacial score (nSPS) is 9.32. The molecule has 3 aromatic heterocycles. The molecule has 0 fully saturated rings. The molecular formula is C20H25ClN6O6S. The van der Waals surface area contributed by atoms with Crippen LogP contribution in [0, 0.1) is 0 Å². The van der Waals surface area contributed by atoms with Crippen LogP contribution in [0.15, 0.2) is 36.4 Å². The lowest BCUT2D eigenvalue weighted by molar-refractivity contribution is -0.115. The topological polar surface area (TPSA) is 185 Å². The van der Waals surface area contributed by atoms with Crippen LogP contribution in [0.1, 0.15) is 40.0 Å². The van der Waals surface area contributed by atoms with E-state index in [0.29, 0.717) is 28.3 Å². The van der Waals surface area contributed by atoms with Crippen molar-refractivity contribution in [1.29, 1.82) is 0 Å². The summed E-state index contributed by atoms with van der Waals surface area (Å²) in [7, 11) is 2.61. The zero-order valence-corrected chi connectivity index (χ0v) is 20.3. The summed E-state index contributed by atoms with van der Waals surface area (Å²) < 4.78 is 10.5. The van der Waals surface area contributed by atoms with Crippen LogP contribution >= 0.6 is 24.6 Å². The summed E-state index contributed by atoms with van der Waals surface area (Å²) >= 11 is 5.07. The number of halogens is 1. The first-order valence-electron chi connectivity index (χ1n) is 9.26. The van der Waals surface area contributed by atoms with E-state index in [-0.39, 0.29) is 36.3 Å². The number of hydrogen-bond acceptors (Lipinski definition) is 12. The van der Waals surface area contributed by atoms with Crippen LogP contribution in [-0.2, 0) is 20.7 Å².